The molecule has 1 saturated heterocycles. The molecular formula is C22H26N4O2. The van der Waals surface area contributed by atoms with Crippen molar-refractivity contribution in [3.63, 3.8) is 0 Å². The van der Waals surface area contributed by atoms with Crippen molar-refractivity contribution in [2.45, 2.75) is 52.6 Å². The van der Waals surface area contributed by atoms with Crippen LogP contribution in [0.1, 0.15) is 56.4 Å². The number of hydrogen-bond donors (Lipinski definition) is 0. The molecule has 3 heterocycles. The van der Waals surface area contributed by atoms with E-state index in [0.29, 0.717) is 24.2 Å². The van der Waals surface area contributed by atoms with Crippen molar-refractivity contribution in [1.29, 1.82) is 0 Å². The average molecular weight is 378 g/mol. The molecule has 28 heavy (non-hydrogen) atoms. The van der Waals surface area contributed by atoms with Crippen molar-refractivity contribution < 1.29 is 9.21 Å². The molecule has 0 spiro atoms. The van der Waals surface area contributed by atoms with Crippen LogP contribution in [-0.2, 0) is 6.54 Å². The summed E-state index contributed by atoms with van der Waals surface area (Å²) in [5, 5.41) is 0. The molecule has 3 aromatic rings. The summed E-state index contributed by atoms with van der Waals surface area (Å²) in [6, 6.07) is 8.25. The number of hydrogen-bond acceptors (Lipinski definition) is 4. The van der Waals surface area contributed by atoms with Gasteiger partial charge >= 0.3 is 0 Å². The van der Waals surface area contributed by atoms with E-state index in [2.05, 4.69) is 30.7 Å². The Morgan fingerprint density at radius 3 is 2.93 bits per heavy atom. The fourth-order valence-corrected chi connectivity index (χ4v) is 5.61. The highest BCUT2D eigenvalue weighted by Crippen LogP contribution is 2.52. The minimum atomic E-state index is -0.00286. The zero-order valence-electron chi connectivity index (χ0n) is 16.7. The zero-order chi connectivity index (χ0) is 19.5. The van der Waals surface area contributed by atoms with Crippen LogP contribution in [0.5, 0.6) is 0 Å². The maximum absolute atomic E-state index is 13.2. The average Bonchev–Trinajstić information content (AvgIpc) is 3.31. The van der Waals surface area contributed by atoms with Gasteiger partial charge in [0.1, 0.15) is 12.8 Å². The van der Waals surface area contributed by atoms with Gasteiger partial charge in [0.05, 0.1) is 17.4 Å². The topological polar surface area (TPSA) is 64.2 Å². The van der Waals surface area contributed by atoms with Gasteiger partial charge in [-0.3, -0.25) is 4.79 Å². The molecule has 1 saturated carbocycles. The van der Waals surface area contributed by atoms with Crippen LogP contribution in [0.25, 0.3) is 11.0 Å². The van der Waals surface area contributed by atoms with Gasteiger partial charge in [-0.05, 0) is 42.2 Å². The summed E-state index contributed by atoms with van der Waals surface area (Å²) in [6.45, 7) is 8.22. The van der Waals surface area contributed by atoms with Crippen molar-refractivity contribution >= 4 is 16.9 Å². The van der Waals surface area contributed by atoms with E-state index in [1.807, 2.05) is 33.7 Å². The summed E-state index contributed by atoms with van der Waals surface area (Å²) >= 11 is 0. The Morgan fingerprint density at radius 1 is 1.25 bits per heavy atom. The van der Waals surface area contributed by atoms with Gasteiger partial charge in [-0.25, -0.2) is 9.97 Å². The summed E-state index contributed by atoms with van der Waals surface area (Å²) < 4.78 is 7.63. The molecule has 6 heteroatoms. The highest BCUT2D eigenvalue weighted by molar-refractivity contribution is 5.92. The van der Waals surface area contributed by atoms with Crippen molar-refractivity contribution in [3.05, 3.63) is 48.4 Å². The molecule has 1 amide bonds. The molecule has 146 valence electrons. The standard InChI is InChI=1S/C22H26N4O2/c1-21(2)8-15-9-22(3,12-21)13-26(15)20(27)17-11-28-19(24-17)10-25-14-23-16-6-4-5-7-18(16)25/h4-7,11,14-15H,8-10,12-13H2,1-3H3/t15-,22-/m1/s1. The molecule has 1 aliphatic heterocycles. The van der Waals surface area contributed by atoms with Crippen molar-refractivity contribution in [1.82, 2.24) is 19.4 Å². The molecule has 2 aliphatic rings. The number of oxazole rings is 1. The lowest BCUT2D eigenvalue weighted by molar-refractivity contribution is 0.0702. The van der Waals surface area contributed by atoms with Gasteiger partial charge in [0, 0.05) is 12.6 Å². The molecule has 2 fully saturated rings. The molecular weight excluding hydrogens is 352 g/mol. The molecule has 1 aliphatic carbocycles. The minimum Gasteiger partial charge on any atom is -0.446 e. The molecule has 0 radical (unpaired) electrons. The van der Waals surface area contributed by atoms with Crippen LogP contribution in [-0.4, -0.2) is 37.9 Å². The Morgan fingerprint density at radius 2 is 2.07 bits per heavy atom. The third-order valence-electron chi connectivity index (χ3n) is 6.28. The number of carbonyl (C=O) groups excluding carboxylic acids is 1. The Bertz CT molecular complexity index is 1050. The Balaban J connectivity index is 1.36. The number of para-hydroxylation sites is 2. The lowest BCUT2D eigenvalue weighted by Crippen LogP contribution is -2.37. The second-order valence-corrected chi connectivity index (χ2v) is 9.63. The first-order valence-electron chi connectivity index (χ1n) is 9.97. The molecule has 0 unspecified atom stereocenters. The van der Waals surface area contributed by atoms with Gasteiger partial charge < -0.3 is 13.9 Å². The van der Waals surface area contributed by atoms with E-state index in [-0.39, 0.29) is 16.7 Å². The lowest BCUT2D eigenvalue weighted by Gasteiger charge is -2.39. The van der Waals surface area contributed by atoms with Crippen molar-refractivity contribution in [2.24, 2.45) is 10.8 Å². The number of nitrogens with zero attached hydrogens (tertiary/aromatic N) is 4. The van der Waals surface area contributed by atoms with Crippen LogP contribution in [0, 0.1) is 10.8 Å². The molecule has 2 bridgehead atoms. The van der Waals surface area contributed by atoms with Crippen molar-refractivity contribution in [2.75, 3.05) is 6.54 Å². The number of amides is 1. The Labute approximate surface area is 164 Å². The third-order valence-corrected chi connectivity index (χ3v) is 6.28. The summed E-state index contributed by atoms with van der Waals surface area (Å²) in [5.41, 5.74) is 2.87. The minimum absolute atomic E-state index is 0.00286. The van der Waals surface area contributed by atoms with Crippen LogP contribution in [0.4, 0.5) is 0 Å². The lowest BCUT2D eigenvalue weighted by atomic mass is 9.65. The highest BCUT2D eigenvalue weighted by atomic mass is 16.3. The number of imidazole rings is 1. The van der Waals surface area contributed by atoms with E-state index in [9.17, 15) is 4.79 Å². The van der Waals surface area contributed by atoms with Gasteiger partial charge in [-0.15, -0.1) is 0 Å². The number of rotatable bonds is 3. The Kier molecular flexibility index (Phi) is 3.70. The first kappa shape index (κ1) is 17.5. The van der Waals surface area contributed by atoms with E-state index in [1.54, 1.807) is 6.33 Å². The second kappa shape index (κ2) is 5.93. The fourth-order valence-electron chi connectivity index (χ4n) is 5.61. The van der Waals surface area contributed by atoms with E-state index < -0.39 is 0 Å². The van der Waals surface area contributed by atoms with Gasteiger partial charge in [-0.2, -0.15) is 0 Å². The fraction of sp³-hybridized carbons (Fsp3) is 0.500. The van der Waals surface area contributed by atoms with E-state index in [0.717, 1.165) is 36.8 Å². The van der Waals surface area contributed by atoms with Crippen LogP contribution in [0.3, 0.4) is 0 Å². The number of benzene rings is 1. The molecule has 6 nitrogen and oxygen atoms in total. The largest absolute Gasteiger partial charge is 0.446 e. The van der Waals surface area contributed by atoms with Crippen LogP contribution in [0.15, 0.2) is 41.3 Å². The maximum Gasteiger partial charge on any atom is 0.276 e. The molecule has 2 atom stereocenters. The summed E-state index contributed by atoms with van der Waals surface area (Å²) in [5.74, 6) is 0.525. The van der Waals surface area contributed by atoms with Crippen molar-refractivity contribution in [3.8, 4) is 0 Å². The summed E-state index contributed by atoms with van der Waals surface area (Å²) in [6.07, 6.45) is 6.60. The highest BCUT2D eigenvalue weighted by Gasteiger charge is 2.51. The molecule has 2 aromatic heterocycles. The quantitative estimate of drug-likeness (QED) is 0.688. The van der Waals surface area contributed by atoms with Gasteiger partial charge in [-0.1, -0.05) is 32.9 Å². The van der Waals surface area contributed by atoms with Crippen LogP contribution in [0.2, 0.25) is 0 Å². The summed E-state index contributed by atoms with van der Waals surface area (Å²) in [7, 11) is 0. The maximum atomic E-state index is 13.2. The van der Waals surface area contributed by atoms with Crippen LogP contribution >= 0.6 is 0 Å². The molecule has 5 rings (SSSR count). The SMILES string of the molecule is CC1(C)C[C@@H]2C[C@@](C)(CN2C(=O)c2coc(Cn3cnc4ccccc43)n2)C1. The second-order valence-electron chi connectivity index (χ2n) is 9.63. The predicted molar refractivity (Wildman–Crippen MR) is 106 cm³/mol. The normalized spacial score (nSPS) is 26.1. The number of fused-ring (bicyclic) bond motifs is 3. The summed E-state index contributed by atoms with van der Waals surface area (Å²) in [4.78, 5) is 24.1. The van der Waals surface area contributed by atoms with E-state index >= 15 is 0 Å². The van der Waals surface area contributed by atoms with Crippen LogP contribution < -0.4 is 0 Å². The van der Waals surface area contributed by atoms with Gasteiger partial charge in [0.2, 0.25) is 5.89 Å². The first-order valence-corrected chi connectivity index (χ1v) is 9.97. The zero-order valence-corrected chi connectivity index (χ0v) is 16.7. The number of aromatic nitrogens is 3. The third kappa shape index (κ3) is 2.91. The van der Waals surface area contributed by atoms with E-state index in [1.165, 1.54) is 6.26 Å². The predicted octanol–water partition coefficient (Wildman–Crippen LogP) is 4.11. The molecule has 0 N–H and O–H groups in total. The van der Waals surface area contributed by atoms with Gasteiger partial charge in [0.15, 0.2) is 5.69 Å². The van der Waals surface area contributed by atoms with E-state index in [4.69, 9.17) is 4.42 Å². The first-order chi connectivity index (χ1) is 13.3. The smallest absolute Gasteiger partial charge is 0.276 e. The van der Waals surface area contributed by atoms with Gasteiger partial charge in [0.25, 0.3) is 5.91 Å². The monoisotopic (exact) mass is 378 g/mol. The molecule has 1 aromatic carbocycles. The number of likely N-dealkylation sites (tertiary alicyclic amines) is 1. The Hall–Kier alpha value is -2.63. The number of carbonyl (C=O) groups is 1.